The summed E-state index contributed by atoms with van der Waals surface area (Å²) >= 11 is 0. The number of aromatic nitrogens is 2. The van der Waals surface area contributed by atoms with Gasteiger partial charge in [-0.05, 0) is 71.5 Å². The Morgan fingerprint density at radius 2 is 1.79 bits per heavy atom. The summed E-state index contributed by atoms with van der Waals surface area (Å²) in [6.07, 6.45) is -2.98. The Bertz CT molecular complexity index is 1400. The second kappa shape index (κ2) is 8.78. The van der Waals surface area contributed by atoms with Gasteiger partial charge in [0.2, 0.25) is 5.95 Å². The van der Waals surface area contributed by atoms with Crippen LogP contribution in [0.4, 0.5) is 24.8 Å². The zero-order valence-electron chi connectivity index (χ0n) is 18.9. The van der Waals surface area contributed by atoms with Gasteiger partial charge in [-0.2, -0.15) is 13.2 Å². The predicted molar refractivity (Wildman–Crippen MR) is 128 cm³/mol. The number of rotatable bonds is 4. The first-order valence-corrected chi connectivity index (χ1v) is 10.7. The number of halogens is 3. The summed E-state index contributed by atoms with van der Waals surface area (Å²) in [5, 5.41) is 3.22. The van der Waals surface area contributed by atoms with Crippen molar-refractivity contribution in [2.45, 2.75) is 32.9 Å². The van der Waals surface area contributed by atoms with Crippen LogP contribution in [0.25, 0.3) is 22.0 Å². The standard InChI is InChI=1S/C26H23F3N4O/c1-14(2)16-6-9-23(21(12-16)26(27,28)29)32-24(34)18-5-4-15(3)20(11-18)17-7-8-22-19(10-17)13-31-25(30)33-22/h4-14H,1-3H3,(H,32,34)(H2,30,31,33). The molecule has 0 saturated heterocycles. The summed E-state index contributed by atoms with van der Waals surface area (Å²) in [6, 6.07) is 14.6. The molecule has 1 aromatic heterocycles. The number of nitrogens with zero attached hydrogens (tertiary/aromatic N) is 2. The Labute approximate surface area is 194 Å². The number of hydrogen-bond acceptors (Lipinski definition) is 4. The third kappa shape index (κ3) is 4.71. The first kappa shape index (κ1) is 23.2. The number of benzene rings is 3. The first-order valence-electron chi connectivity index (χ1n) is 10.7. The van der Waals surface area contributed by atoms with Crippen LogP contribution in [-0.4, -0.2) is 15.9 Å². The fourth-order valence-corrected chi connectivity index (χ4v) is 3.75. The number of aryl methyl sites for hydroxylation is 1. The fraction of sp³-hybridized carbons (Fsp3) is 0.192. The first-order chi connectivity index (χ1) is 16.0. The molecule has 1 heterocycles. The number of carbonyl (C=O) groups excluding carboxylic acids is 1. The number of anilines is 2. The molecule has 3 aromatic carbocycles. The Morgan fingerprint density at radius 3 is 2.50 bits per heavy atom. The highest BCUT2D eigenvalue weighted by atomic mass is 19.4. The fourth-order valence-electron chi connectivity index (χ4n) is 3.75. The summed E-state index contributed by atoms with van der Waals surface area (Å²) in [7, 11) is 0. The molecule has 0 radical (unpaired) electrons. The molecule has 0 fully saturated rings. The molecule has 0 aliphatic heterocycles. The van der Waals surface area contributed by atoms with Gasteiger partial charge in [0.1, 0.15) is 0 Å². The van der Waals surface area contributed by atoms with E-state index >= 15 is 0 Å². The van der Waals surface area contributed by atoms with Crippen molar-refractivity contribution in [1.82, 2.24) is 9.97 Å². The predicted octanol–water partition coefficient (Wildman–Crippen LogP) is 6.58. The van der Waals surface area contributed by atoms with E-state index in [1.807, 2.05) is 32.9 Å². The molecule has 0 spiro atoms. The lowest BCUT2D eigenvalue weighted by Crippen LogP contribution is -2.17. The summed E-state index contributed by atoms with van der Waals surface area (Å²) in [5.41, 5.74) is 8.48. The number of nitrogens with one attached hydrogen (secondary N) is 1. The zero-order valence-corrected chi connectivity index (χ0v) is 18.9. The van der Waals surface area contributed by atoms with Crippen molar-refractivity contribution in [2.75, 3.05) is 11.1 Å². The molecule has 0 saturated carbocycles. The molecule has 0 aliphatic carbocycles. The topological polar surface area (TPSA) is 80.9 Å². The number of alkyl halides is 3. The molecule has 0 bridgehead atoms. The van der Waals surface area contributed by atoms with E-state index in [0.717, 1.165) is 28.1 Å². The maximum Gasteiger partial charge on any atom is 0.418 e. The smallest absolute Gasteiger partial charge is 0.368 e. The lowest BCUT2D eigenvalue weighted by Gasteiger charge is -2.17. The Balaban J connectivity index is 1.69. The SMILES string of the molecule is Cc1ccc(C(=O)Nc2ccc(C(C)C)cc2C(F)(F)F)cc1-c1ccc2nc(N)ncc2c1. The van der Waals surface area contributed by atoms with E-state index in [1.165, 1.54) is 6.07 Å². The van der Waals surface area contributed by atoms with E-state index in [4.69, 9.17) is 5.73 Å². The minimum Gasteiger partial charge on any atom is -0.368 e. The number of amides is 1. The molecule has 0 aliphatic rings. The number of nitrogens with two attached hydrogens (primary N) is 1. The summed E-state index contributed by atoms with van der Waals surface area (Å²) in [6.45, 7) is 5.53. The molecule has 3 N–H and O–H groups in total. The molecule has 4 rings (SSSR count). The molecule has 0 atom stereocenters. The van der Waals surface area contributed by atoms with E-state index in [2.05, 4.69) is 15.3 Å². The van der Waals surface area contributed by atoms with Crippen LogP contribution >= 0.6 is 0 Å². The van der Waals surface area contributed by atoms with Crippen molar-refractivity contribution in [3.8, 4) is 11.1 Å². The van der Waals surface area contributed by atoms with Gasteiger partial charge in [0, 0.05) is 17.1 Å². The van der Waals surface area contributed by atoms with E-state index in [-0.39, 0.29) is 23.1 Å². The summed E-state index contributed by atoms with van der Waals surface area (Å²) in [5.74, 6) is -0.523. The van der Waals surface area contributed by atoms with Crippen LogP contribution < -0.4 is 11.1 Å². The van der Waals surface area contributed by atoms with Gasteiger partial charge in [0.15, 0.2) is 0 Å². The average Bonchev–Trinajstić information content (AvgIpc) is 2.78. The quantitative estimate of drug-likeness (QED) is 0.357. The highest BCUT2D eigenvalue weighted by Gasteiger charge is 2.34. The van der Waals surface area contributed by atoms with Crippen molar-refractivity contribution < 1.29 is 18.0 Å². The van der Waals surface area contributed by atoms with Crippen LogP contribution in [0.5, 0.6) is 0 Å². The highest BCUT2D eigenvalue weighted by molar-refractivity contribution is 6.05. The Morgan fingerprint density at radius 1 is 1.03 bits per heavy atom. The second-order valence-corrected chi connectivity index (χ2v) is 8.44. The molecule has 4 aromatic rings. The average molecular weight is 464 g/mol. The lowest BCUT2D eigenvalue weighted by atomic mass is 9.96. The van der Waals surface area contributed by atoms with Crippen LogP contribution in [0.15, 0.2) is 60.8 Å². The van der Waals surface area contributed by atoms with Crippen LogP contribution in [0.3, 0.4) is 0 Å². The van der Waals surface area contributed by atoms with Gasteiger partial charge < -0.3 is 11.1 Å². The number of carbonyl (C=O) groups is 1. The number of hydrogen-bond donors (Lipinski definition) is 2. The maximum atomic E-state index is 13.7. The van der Waals surface area contributed by atoms with Crippen molar-refractivity contribution in [2.24, 2.45) is 0 Å². The van der Waals surface area contributed by atoms with Crippen LogP contribution in [0.1, 0.15) is 46.8 Å². The third-order valence-electron chi connectivity index (χ3n) is 5.67. The van der Waals surface area contributed by atoms with Crippen molar-refractivity contribution in [3.05, 3.63) is 83.0 Å². The van der Waals surface area contributed by atoms with Gasteiger partial charge in [0.05, 0.1) is 16.8 Å². The Kier molecular flexibility index (Phi) is 6.00. The molecule has 0 unspecified atom stereocenters. The number of fused-ring (bicyclic) bond motifs is 1. The van der Waals surface area contributed by atoms with E-state index in [1.54, 1.807) is 36.5 Å². The van der Waals surface area contributed by atoms with Crippen LogP contribution in [0, 0.1) is 6.92 Å². The largest absolute Gasteiger partial charge is 0.418 e. The molecule has 1 amide bonds. The normalized spacial score (nSPS) is 11.7. The third-order valence-corrected chi connectivity index (χ3v) is 5.67. The van der Waals surface area contributed by atoms with E-state index in [9.17, 15) is 18.0 Å². The van der Waals surface area contributed by atoms with Crippen molar-refractivity contribution in [1.29, 1.82) is 0 Å². The summed E-state index contributed by atoms with van der Waals surface area (Å²) in [4.78, 5) is 21.1. The monoisotopic (exact) mass is 464 g/mol. The summed E-state index contributed by atoms with van der Waals surface area (Å²) < 4.78 is 41.0. The van der Waals surface area contributed by atoms with E-state index in [0.29, 0.717) is 11.1 Å². The van der Waals surface area contributed by atoms with Gasteiger partial charge in [0.25, 0.3) is 5.91 Å². The molecular weight excluding hydrogens is 441 g/mol. The zero-order chi connectivity index (χ0) is 24.6. The molecule has 34 heavy (non-hydrogen) atoms. The van der Waals surface area contributed by atoms with Gasteiger partial charge in [-0.15, -0.1) is 0 Å². The number of nitrogen functional groups attached to an aromatic ring is 1. The van der Waals surface area contributed by atoms with Crippen molar-refractivity contribution >= 4 is 28.4 Å². The van der Waals surface area contributed by atoms with Gasteiger partial charge in [-0.3, -0.25) is 4.79 Å². The van der Waals surface area contributed by atoms with Gasteiger partial charge >= 0.3 is 6.18 Å². The van der Waals surface area contributed by atoms with Crippen molar-refractivity contribution in [3.63, 3.8) is 0 Å². The maximum absolute atomic E-state index is 13.7. The van der Waals surface area contributed by atoms with Crippen LogP contribution in [-0.2, 0) is 6.18 Å². The minimum atomic E-state index is -4.59. The molecule has 5 nitrogen and oxygen atoms in total. The van der Waals surface area contributed by atoms with E-state index < -0.39 is 17.6 Å². The molecular formula is C26H23F3N4O. The second-order valence-electron chi connectivity index (χ2n) is 8.44. The highest BCUT2D eigenvalue weighted by Crippen LogP contribution is 2.37. The minimum absolute atomic E-state index is 0.0747. The molecule has 8 heteroatoms. The van der Waals surface area contributed by atoms with Gasteiger partial charge in [-0.25, -0.2) is 9.97 Å². The molecule has 174 valence electrons. The van der Waals surface area contributed by atoms with Gasteiger partial charge in [-0.1, -0.05) is 32.0 Å². The van der Waals surface area contributed by atoms with Crippen LogP contribution in [0.2, 0.25) is 0 Å². The lowest BCUT2D eigenvalue weighted by molar-refractivity contribution is -0.137. The Hall–Kier alpha value is -3.94.